The lowest BCUT2D eigenvalue weighted by Gasteiger charge is -2.32. The topological polar surface area (TPSA) is 65.1 Å². The molecular formula is C24H24F3NO5. The Hall–Kier alpha value is -3.33. The van der Waals surface area contributed by atoms with E-state index in [1.54, 1.807) is 29.2 Å². The third kappa shape index (κ3) is 7.35. The van der Waals surface area contributed by atoms with E-state index in [4.69, 9.17) is 9.47 Å². The maximum Gasteiger partial charge on any atom is 0.573 e. The zero-order valence-electron chi connectivity index (χ0n) is 18.2. The number of benzene rings is 2. The van der Waals surface area contributed by atoms with Gasteiger partial charge in [-0.25, -0.2) is 0 Å². The average molecular weight is 463 g/mol. The molecule has 1 aliphatic rings. The quantitative estimate of drug-likeness (QED) is 0.450. The van der Waals surface area contributed by atoms with Crippen molar-refractivity contribution in [3.8, 4) is 11.5 Å². The molecule has 0 N–H and O–H groups in total. The van der Waals surface area contributed by atoms with Gasteiger partial charge in [0.15, 0.2) is 5.78 Å². The van der Waals surface area contributed by atoms with Crippen molar-refractivity contribution >= 4 is 17.8 Å². The number of alkyl halides is 3. The molecule has 1 saturated heterocycles. The smallest absolute Gasteiger partial charge is 0.491 e. The van der Waals surface area contributed by atoms with Crippen molar-refractivity contribution in [3.63, 3.8) is 0 Å². The molecule has 0 bridgehead atoms. The van der Waals surface area contributed by atoms with Gasteiger partial charge in [0, 0.05) is 18.2 Å². The number of amides is 1. The number of carbonyl (C=O) groups is 2. The van der Waals surface area contributed by atoms with Crippen LogP contribution in [-0.4, -0.2) is 55.4 Å². The van der Waals surface area contributed by atoms with Crippen molar-refractivity contribution in [1.82, 2.24) is 4.90 Å². The maximum absolute atomic E-state index is 12.6. The van der Waals surface area contributed by atoms with Crippen LogP contribution in [0.1, 0.15) is 28.4 Å². The molecule has 9 heteroatoms. The number of Topliss-reactive ketones (excluding diaryl/α,β-unsaturated/α-hetero) is 1. The zero-order chi connectivity index (χ0) is 24.0. The third-order valence-electron chi connectivity index (χ3n) is 4.97. The van der Waals surface area contributed by atoms with Gasteiger partial charge < -0.3 is 19.1 Å². The Morgan fingerprint density at radius 1 is 1.18 bits per heavy atom. The summed E-state index contributed by atoms with van der Waals surface area (Å²) in [6.07, 6.45) is -2.38. The van der Waals surface area contributed by atoms with E-state index in [1.807, 2.05) is 6.92 Å². The van der Waals surface area contributed by atoms with Crippen molar-refractivity contribution in [3.05, 3.63) is 65.2 Å². The van der Waals surface area contributed by atoms with E-state index in [9.17, 15) is 22.8 Å². The van der Waals surface area contributed by atoms with E-state index in [-0.39, 0.29) is 30.2 Å². The molecule has 0 saturated carbocycles. The number of rotatable bonds is 7. The monoisotopic (exact) mass is 463 g/mol. The van der Waals surface area contributed by atoms with Gasteiger partial charge in [0.05, 0.1) is 13.2 Å². The van der Waals surface area contributed by atoms with Gasteiger partial charge >= 0.3 is 6.36 Å². The van der Waals surface area contributed by atoms with Crippen LogP contribution in [0.2, 0.25) is 0 Å². The zero-order valence-corrected chi connectivity index (χ0v) is 18.2. The number of ketones is 1. The minimum absolute atomic E-state index is 0.0172. The van der Waals surface area contributed by atoms with Crippen LogP contribution in [0.15, 0.2) is 48.5 Å². The third-order valence-corrected chi connectivity index (χ3v) is 4.97. The van der Waals surface area contributed by atoms with E-state index < -0.39 is 6.36 Å². The fourth-order valence-corrected chi connectivity index (χ4v) is 3.42. The summed E-state index contributed by atoms with van der Waals surface area (Å²) in [7, 11) is 0. The minimum Gasteiger partial charge on any atom is -0.491 e. The Morgan fingerprint density at radius 3 is 2.67 bits per heavy atom. The lowest BCUT2D eigenvalue weighted by molar-refractivity contribution is -0.274. The summed E-state index contributed by atoms with van der Waals surface area (Å²) in [5, 5.41) is 0. The Kier molecular flexibility index (Phi) is 7.75. The van der Waals surface area contributed by atoms with Crippen LogP contribution < -0.4 is 9.47 Å². The molecular weight excluding hydrogens is 439 g/mol. The molecule has 1 fully saturated rings. The van der Waals surface area contributed by atoms with Crippen LogP contribution >= 0.6 is 0 Å². The lowest BCUT2D eigenvalue weighted by atomic mass is 10.1. The number of nitrogens with zero attached hydrogens (tertiary/aromatic N) is 1. The fourth-order valence-electron chi connectivity index (χ4n) is 3.42. The Labute approximate surface area is 189 Å². The summed E-state index contributed by atoms with van der Waals surface area (Å²) < 4.78 is 52.5. The van der Waals surface area contributed by atoms with Crippen LogP contribution in [0.25, 0.3) is 6.08 Å². The van der Waals surface area contributed by atoms with Crippen LogP contribution in [-0.2, 0) is 9.53 Å². The first-order chi connectivity index (χ1) is 15.6. The maximum atomic E-state index is 12.6. The largest absolute Gasteiger partial charge is 0.573 e. The van der Waals surface area contributed by atoms with E-state index in [1.165, 1.54) is 37.3 Å². The number of ether oxygens (including phenoxy) is 3. The number of carbonyl (C=O) groups excluding carboxylic acids is 2. The van der Waals surface area contributed by atoms with Gasteiger partial charge in [0.1, 0.15) is 24.2 Å². The molecule has 0 aliphatic carbocycles. The van der Waals surface area contributed by atoms with E-state index in [2.05, 4.69) is 4.74 Å². The summed E-state index contributed by atoms with van der Waals surface area (Å²) in [6.45, 7) is 4.60. The molecule has 0 aromatic heterocycles. The molecule has 33 heavy (non-hydrogen) atoms. The normalized spacial score (nSPS) is 16.6. The highest BCUT2D eigenvalue weighted by Gasteiger charge is 2.31. The van der Waals surface area contributed by atoms with Crippen LogP contribution in [0.5, 0.6) is 11.5 Å². The summed E-state index contributed by atoms with van der Waals surface area (Å²) in [5.41, 5.74) is 1.86. The van der Waals surface area contributed by atoms with Gasteiger partial charge in [-0.1, -0.05) is 12.1 Å². The van der Waals surface area contributed by atoms with E-state index in [0.717, 1.165) is 5.56 Å². The molecule has 0 radical (unpaired) electrons. The molecule has 3 rings (SSSR count). The molecule has 176 valence electrons. The Bertz CT molecular complexity index is 1040. The first-order valence-electron chi connectivity index (χ1n) is 10.3. The Balaban J connectivity index is 1.54. The summed E-state index contributed by atoms with van der Waals surface area (Å²) in [4.78, 5) is 25.7. The van der Waals surface area contributed by atoms with Gasteiger partial charge in [-0.2, -0.15) is 0 Å². The standard InChI is InChI=1S/C24H24F3NO5/c1-16-12-19(7-8-22(16)17(2)29)32-15-21-14-28(10-11-31-21)23(30)9-6-18-4-3-5-20(13-18)33-24(25,26)27/h3-9,12-13,21H,10-11,14-15H2,1-2H3/b9-6+. The molecule has 1 aliphatic heterocycles. The number of hydrogen-bond donors (Lipinski definition) is 0. The molecule has 1 heterocycles. The lowest BCUT2D eigenvalue weighted by Crippen LogP contribution is -2.47. The molecule has 6 nitrogen and oxygen atoms in total. The second-order valence-corrected chi connectivity index (χ2v) is 7.57. The van der Waals surface area contributed by atoms with Gasteiger partial charge in [0.2, 0.25) is 5.91 Å². The summed E-state index contributed by atoms with van der Waals surface area (Å²) in [6, 6.07) is 10.6. The second-order valence-electron chi connectivity index (χ2n) is 7.57. The van der Waals surface area contributed by atoms with E-state index in [0.29, 0.717) is 36.6 Å². The number of hydrogen-bond acceptors (Lipinski definition) is 5. The first kappa shape index (κ1) is 24.3. The van der Waals surface area contributed by atoms with Crippen molar-refractivity contribution in [2.75, 3.05) is 26.3 Å². The van der Waals surface area contributed by atoms with Crippen molar-refractivity contribution < 1.29 is 37.0 Å². The molecule has 2 aromatic carbocycles. The SMILES string of the molecule is CC(=O)c1ccc(OCC2CN(C(=O)/C=C/c3cccc(OC(F)(F)F)c3)CCO2)cc1C. The average Bonchev–Trinajstić information content (AvgIpc) is 2.75. The first-order valence-corrected chi connectivity index (χ1v) is 10.3. The summed E-state index contributed by atoms with van der Waals surface area (Å²) >= 11 is 0. The van der Waals surface area contributed by atoms with Crippen molar-refractivity contribution in [2.24, 2.45) is 0 Å². The van der Waals surface area contributed by atoms with Gasteiger partial charge in [-0.3, -0.25) is 9.59 Å². The van der Waals surface area contributed by atoms with Gasteiger partial charge in [0.25, 0.3) is 0 Å². The highest BCUT2D eigenvalue weighted by molar-refractivity contribution is 5.95. The van der Waals surface area contributed by atoms with Crippen molar-refractivity contribution in [1.29, 1.82) is 0 Å². The Morgan fingerprint density at radius 2 is 1.97 bits per heavy atom. The molecule has 1 atom stereocenters. The van der Waals surface area contributed by atoms with Crippen LogP contribution in [0.3, 0.4) is 0 Å². The predicted molar refractivity (Wildman–Crippen MR) is 115 cm³/mol. The number of morpholine rings is 1. The molecule has 1 amide bonds. The van der Waals surface area contributed by atoms with Crippen molar-refractivity contribution in [2.45, 2.75) is 26.3 Å². The van der Waals surface area contributed by atoms with Crippen LogP contribution in [0.4, 0.5) is 13.2 Å². The molecule has 0 spiro atoms. The number of halogens is 3. The van der Waals surface area contributed by atoms with E-state index >= 15 is 0 Å². The van der Waals surface area contributed by atoms with Gasteiger partial charge in [-0.15, -0.1) is 13.2 Å². The molecule has 2 aromatic rings. The number of aryl methyl sites for hydroxylation is 1. The van der Waals surface area contributed by atoms with Crippen LogP contribution in [0, 0.1) is 6.92 Å². The molecule has 1 unspecified atom stereocenters. The second kappa shape index (κ2) is 10.5. The highest BCUT2D eigenvalue weighted by atomic mass is 19.4. The minimum atomic E-state index is -4.78. The predicted octanol–water partition coefficient (Wildman–Crippen LogP) is 4.42. The van der Waals surface area contributed by atoms with Gasteiger partial charge in [-0.05, 0) is 61.4 Å². The fraction of sp³-hybridized carbons (Fsp3) is 0.333. The summed E-state index contributed by atoms with van der Waals surface area (Å²) in [5.74, 6) is -0.0544. The highest BCUT2D eigenvalue weighted by Crippen LogP contribution is 2.24.